The summed E-state index contributed by atoms with van der Waals surface area (Å²) < 4.78 is 0. The van der Waals surface area contributed by atoms with Crippen LogP contribution in [0.2, 0.25) is 0 Å². The van der Waals surface area contributed by atoms with Gasteiger partial charge in [0.1, 0.15) is 5.54 Å². The quantitative estimate of drug-likeness (QED) is 0.838. The molecule has 1 N–H and O–H groups in total. The van der Waals surface area contributed by atoms with E-state index in [0.717, 1.165) is 37.7 Å². The number of carbonyl (C=O) groups is 1. The third kappa shape index (κ3) is 2.31. The minimum Gasteiger partial charge on any atom is -0.337 e. The molecular formula is C17H20N2O. The Morgan fingerprint density at radius 2 is 1.90 bits per heavy atom. The Morgan fingerprint density at radius 1 is 1.20 bits per heavy atom. The molecule has 1 fully saturated rings. The Bertz CT molecular complexity index is 550. The summed E-state index contributed by atoms with van der Waals surface area (Å²) >= 11 is 0. The summed E-state index contributed by atoms with van der Waals surface area (Å²) in [4.78, 5) is 12.5. The van der Waals surface area contributed by atoms with Gasteiger partial charge < -0.3 is 5.32 Å². The highest BCUT2D eigenvalue weighted by Crippen LogP contribution is 2.36. The van der Waals surface area contributed by atoms with Crippen molar-refractivity contribution in [2.24, 2.45) is 0 Å². The maximum atomic E-state index is 12.5. The Hall–Kier alpha value is -1.82. The number of carbonyl (C=O) groups excluding carboxylic acids is 1. The van der Waals surface area contributed by atoms with Crippen LogP contribution in [0.5, 0.6) is 0 Å². The van der Waals surface area contributed by atoms with Gasteiger partial charge in [-0.1, -0.05) is 49.9 Å². The number of nitrogens with one attached hydrogen (secondary N) is 1. The first-order chi connectivity index (χ1) is 9.74. The molecule has 0 saturated heterocycles. The first-order valence-corrected chi connectivity index (χ1v) is 7.55. The molecule has 1 atom stereocenters. The van der Waals surface area contributed by atoms with Crippen LogP contribution in [0.4, 0.5) is 0 Å². The fraction of sp³-hybridized carbons (Fsp3) is 0.529. The predicted octanol–water partition coefficient (Wildman–Crippen LogP) is 3.06. The number of nitriles is 1. The van der Waals surface area contributed by atoms with Gasteiger partial charge in [0.2, 0.25) is 5.91 Å². The van der Waals surface area contributed by atoms with Crippen molar-refractivity contribution < 1.29 is 4.79 Å². The van der Waals surface area contributed by atoms with E-state index in [-0.39, 0.29) is 11.8 Å². The Morgan fingerprint density at radius 3 is 2.55 bits per heavy atom. The van der Waals surface area contributed by atoms with Gasteiger partial charge in [-0.2, -0.15) is 5.26 Å². The third-order valence-corrected chi connectivity index (χ3v) is 4.70. The van der Waals surface area contributed by atoms with Gasteiger partial charge in [0.25, 0.3) is 0 Å². The maximum Gasteiger partial charge on any atom is 0.229 e. The standard InChI is InChI=1S/C17H20N2O/c18-12-17(9-5-1-2-6-10-17)19-16(20)15-11-13-7-3-4-8-14(13)15/h3-4,7-8,15H,1-2,5-6,9-11H2,(H,19,20). The molecule has 3 rings (SSSR count). The van der Waals surface area contributed by atoms with Crippen LogP contribution < -0.4 is 5.32 Å². The minimum atomic E-state index is -0.627. The van der Waals surface area contributed by atoms with Crippen molar-refractivity contribution in [2.45, 2.75) is 56.4 Å². The lowest BCUT2D eigenvalue weighted by Crippen LogP contribution is -2.50. The second-order valence-electron chi connectivity index (χ2n) is 6.05. The number of benzene rings is 1. The molecule has 0 radical (unpaired) electrons. The average molecular weight is 268 g/mol. The summed E-state index contributed by atoms with van der Waals surface area (Å²) in [5.41, 5.74) is 1.77. The molecule has 1 aromatic carbocycles. The second kappa shape index (κ2) is 5.28. The average Bonchev–Trinajstić information content (AvgIpc) is 2.66. The number of nitrogens with zero attached hydrogens (tertiary/aromatic N) is 1. The van der Waals surface area contributed by atoms with Gasteiger partial charge in [-0.05, 0) is 30.4 Å². The lowest BCUT2D eigenvalue weighted by atomic mass is 9.76. The highest BCUT2D eigenvalue weighted by atomic mass is 16.2. The fourth-order valence-electron chi connectivity index (χ4n) is 3.41. The molecule has 0 heterocycles. The monoisotopic (exact) mass is 268 g/mol. The molecule has 104 valence electrons. The minimum absolute atomic E-state index is 0.0344. The molecule has 1 amide bonds. The van der Waals surface area contributed by atoms with Crippen molar-refractivity contribution in [3.05, 3.63) is 35.4 Å². The van der Waals surface area contributed by atoms with Crippen LogP contribution in [0.3, 0.4) is 0 Å². The fourth-order valence-corrected chi connectivity index (χ4v) is 3.41. The molecule has 1 unspecified atom stereocenters. The first kappa shape index (κ1) is 13.2. The molecule has 3 nitrogen and oxygen atoms in total. The van der Waals surface area contributed by atoms with E-state index >= 15 is 0 Å². The Labute approximate surface area is 120 Å². The van der Waals surface area contributed by atoms with E-state index < -0.39 is 5.54 Å². The predicted molar refractivity (Wildman–Crippen MR) is 77.1 cm³/mol. The van der Waals surface area contributed by atoms with E-state index in [0.29, 0.717) is 0 Å². The molecule has 0 aromatic heterocycles. The topological polar surface area (TPSA) is 52.9 Å². The zero-order valence-corrected chi connectivity index (χ0v) is 11.7. The van der Waals surface area contributed by atoms with Gasteiger partial charge in [0.15, 0.2) is 0 Å². The van der Waals surface area contributed by atoms with Crippen molar-refractivity contribution in [3.63, 3.8) is 0 Å². The van der Waals surface area contributed by atoms with Crippen molar-refractivity contribution in [3.8, 4) is 6.07 Å². The lowest BCUT2D eigenvalue weighted by molar-refractivity contribution is -0.124. The summed E-state index contributed by atoms with van der Waals surface area (Å²) in [6, 6.07) is 10.5. The highest BCUT2D eigenvalue weighted by Gasteiger charge is 2.38. The van der Waals surface area contributed by atoms with Crippen LogP contribution in [0.1, 0.15) is 55.6 Å². The SMILES string of the molecule is N#CC1(NC(=O)C2Cc3ccccc32)CCCCCC1. The van der Waals surface area contributed by atoms with Gasteiger partial charge in [0, 0.05) is 0 Å². The van der Waals surface area contributed by atoms with Gasteiger partial charge in [0.05, 0.1) is 12.0 Å². The van der Waals surface area contributed by atoms with Crippen molar-refractivity contribution in [1.82, 2.24) is 5.32 Å². The van der Waals surface area contributed by atoms with Crippen molar-refractivity contribution >= 4 is 5.91 Å². The van der Waals surface area contributed by atoms with Gasteiger partial charge >= 0.3 is 0 Å². The Balaban J connectivity index is 1.71. The molecule has 1 saturated carbocycles. The molecule has 0 bridgehead atoms. The second-order valence-corrected chi connectivity index (χ2v) is 6.05. The lowest BCUT2D eigenvalue weighted by Gasteiger charge is -2.33. The molecule has 20 heavy (non-hydrogen) atoms. The van der Waals surface area contributed by atoms with E-state index in [9.17, 15) is 10.1 Å². The van der Waals surface area contributed by atoms with E-state index in [2.05, 4.69) is 17.5 Å². The highest BCUT2D eigenvalue weighted by molar-refractivity contribution is 5.87. The number of hydrogen-bond acceptors (Lipinski definition) is 2. The summed E-state index contributed by atoms with van der Waals surface area (Å²) in [5, 5.41) is 12.6. The van der Waals surface area contributed by atoms with E-state index in [4.69, 9.17) is 0 Å². The molecular weight excluding hydrogens is 248 g/mol. The largest absolute Gasteiger partial charge is 0.337 e. The van der Waals surface area contributed by atoms with Crippen LogP contribution in [-0.2, 0) is 11.2 Å². The van der Waals surface area contributed by atoms with E-state index in [1.165, 1.54) is 18.4 Å². The van der Waals surface area contributed by atoms with E-state index in [1.807, 2.05) is 18.2 Å². The van der Waals surface area contributed by atoms with Gasteiger partial charge in [-0.3, -0.25) is 4.79 Å². The van der Waals surface area contributed by atoms with Crippen LogP contribution in [0.15, 0.2) is 24.3 Å². The van der Waals surface area contributed by atoms with Gasteiger partial charge in [-0.25, -0.2) is 0 Å². The molecule has 1 aromatic rings. The van der Waals surface area contributed by atoms with Gasteiger partial charge in [-0.15, -0.1) is 0 Å². The Kier molecular flexibility index (Phi) is 3.48. The number of fused-ring (bicyclic) bond motifs is 1. The van der Waals surface area contributed by atoms with Crippen LogP contribution in [0.25, 0.3) is 0 Å². The molecule has 2 aliphatic carbocycles. The zero-order chi connectivity index (χ0) is 14.0. The molecule has 2 aliphatic rings. The number of rotatable bonds is 2. The normalized spacial score (nSPS) is 23.6. The maximum absolute atomic E-state index is 12.5. The zero-order valence-electron chi connectivity index (χ0n) is 11.7. The van der Waals surface area contributed by atoms with Crippen LogP contribution >= 0.6 is 0 Å². The molecule has 0 aliphatic heterocycles. The van der Waals surface area contributed by atoms with Crippen molar-refractivity contribution in [1.29, 1.82) is 5.26 Å². The van der Waals surface area contributed by atoms with Crippen LogP contribution in [0, 0.1) is 11.3 Å². The summed E-state index contributed by atoms with van der Waals surface area (Å²) in [5.74, 6) is -0.0215. The first-order valence-electron chi connectivity index (χ1n) is 7.55. The summed E-state index contributed by atoms with van der Waals surface area (Å²) in [6.07, 6.45) is 6.82. The number of amides is 1. The summed E-state index contributed by atoms with van der Waals surface area (Å²) in [7, 11) is 0. The smallest absolute Gasteiger partial charge is 0.229 e. The molecule has 0 spiro atoms. The van der Waals surface area contributed by atoms with Crippen molar-refractivity contribution in [2.75, 3.05) is 0 Å². The third-order valence-electron chi connectivity index (χ3n) is 4.70. The number of hydrogen-bond donors (Lipinski definition) is 1. The molecule has 3 heteroatoms. The van der Waals surface area contributed by atoms with Crippen LogP contribution in [-0.4, -0.2) is 11.4 Å². The summed E-state index contributed by atoms with van der Waals surface area (Å²) in [6.45, 7) is 0. The van der Waals surface area contributed by atoms with E-state index in [1.54, 1.807) is 0 Å².